The monoisotopic (exact) mass is 437 g/mol. The van der Waals surface area contributed by atoms with Crippen LogP contribution in [0.4, 0.5) is 4.39 Å². The number of hydrogen-bond donors (Lipinski definition) is 3. The second-order valence-corrected chi connectivity index (χ2v) is 8.85. The molecule has 0 aromatic heterocycles. The first-order chi connectivity index (χ1) is 14.2. The summed E-state index contributed by atoms with van der Waals surface area (Å²) < 4.78 is 41.8. The zero-order valence-corrected chi connectivity index (χ0v) is 18.2. The van der Waals surface area contributed by atoms with E-state index in [1.165, 1.54) is 30.5 Å². The fourth-order valence-corrected chi connectivity index (χ4v) is 3.69. The maximum absolute atomic E-state index is 12.9. The van der Waals surface area contributed by atoms with Gasteiger partial charge in [0.2, 0.25) is 0 Å². The molecule has 0 saturated carbocycles. The highest BCUT2D eigenvalue weighted by molar-refractivity contribution is 7.90. The molecule has 1 unspecified atom stereocenters. The van der Waals surface area contributed by atoms with Crippen LogP contribution in [0.25, 0.3) is 0 Å². The first-order valence-electron chi connectivity index (χ1n) is 9.57. The van der Waals surface area contributed by atoms with Crippen molar-refractivity contribution in [1.29, 1.82) is 0 Å². The number of rotatable bonds is 9. The van der Waals surface area contributed by atoms with Gasteiger partial charge in [0.15, 0.2) is 15.8 Å². The maximum Gasteiger partial charge on any atom is 0.191 e. The molecular formula is C21H28FN3O4S. The highest BCUT2D eigenvalue weighted by atomic mass is 32.2. The molecular weight excluding hydrogens is 409 g/mol. The Kier molecular flexibility index (Phi) is 8.61. The Hall–Kier alpha value is -2.65. The van der Waals surface area contributed by atoms with Crippen LogP contribution in [0.15, 0.2) is 52.4 Å². The largest absolute Gasteiger partial charge is 0.491 e. The van der Waals surface area contributed by atoms with Gasteiger partial charge in [-0.1, -0.05) is 12.1 Å². The van der Waals surface area contributed by atoms with Gasteiger partial charge in [-0.05, 0) is 55.3 Å². The smallest absolute Gasteiger partial charge is 0.191 e. The predicted octanol–water partition coefficient (Wildman–Crippen LogP) is 2.03. The van der Waals surface area contributed by atoms with Crippen molar-refractivity contribution in [2.45, 2.75) is 31.4 Å². The fourth-order valence-electron chi connectivity index (χ4n) is 2.73. The highest BCUT2D eigenvalue weighted by Gasteiger charge is 2.11. The number of nitrogens with zero attached hydrogens (tertiary/aromatic N) is 1. The quantitative estimate of drug-likeness (QED) is 0.410. The lowest BCUT2D eigenvalue weighted by atomic mass is 10.1. The molecule has 9 heteroatoms. The Labute approximate surface area is 176 Å². The Morgan fingerprint density at radius 1 is 1.20 bits per heavy atom. The summed E-state index contributed by atoms with van der Waals surface area (Å²) in [5, 5.41) is 16.2. The normalized spacial score (nSPS) is 13.0. The molecule has 0 aliphatic heterocycles. The van der Waals surface area contributed by atoms with E-state index in [-0.39, 0.29) is 19.0 Å². The van der Waals surface area contributed by atoms with Gasteiger partial charge in [0, 0.05) is 19.3 Å². The summed E-state index contributed by atoms with van der Waals surface area (Å²) in [6, 6.07) is 10.7. The summed E-state index contributed by atoms with van der Waals surface area (Å²) in [6.45, 7) is 4.92. The molecule has 0 fully saturated rings. The molecule has 1 atom stereocenters. The van der Waals surface area contributed by atoms with E-state index in [2.05, 4.69) is 15.6 Å². The van der Waals surface area contributed by atoms with Crippen molar-refractivity contribution in [2.75, 3.05) is 26.0 Å². The first kappa shape index (κ1) is 23.6. The lowest BCUT2D eigenvalue weighted by Gasteiger charge is -2.16. The van der Waals surface area contributed by atoms with Crippen molar-refractivity contribution in [2.24, 2.45) is 4.99 Å². The maximum atomic E-state index is 12.9. The van der Waals surface area contributed by atoms with Crippen LogP contribution in [-0.4, -0.2) is 51.5 Å². The molecule has 3 N–H and O–H groups in total. The van der Waals surface area contributed by atoms with Gasteiger partial charge < -0.3 is 20.5 Å². The van der Waals surface area contributed by atoms with Crippen molar-refractivity contribution in [1.82, 2.24) is 10.6 Å². The molecule has 0 heterocycles. The topological polar surface area (TPSA) is 100 Å². The van der Waals surface area contributed by atoms with Gasteiger partial charge in [0.05, 0.1) is 11.4 Å². The van der Waals surface area contributed by atoms with E-state index in [1.54, 1.807) is 25.1 Å². The molecule has 0 aliphatic rings. The average Bonchev–Trinajstić information content (AvgIpc) is 2.68. The number of guanidine groups is 1. The number of ether oxygens (including phenoxy) is 1. The summed E-state index contributed by atoms with van der Waals surface area (Å²) in [6.07, 6.45) is 0.390. The van der Waals surface area contributed by atoms with Gasteiger partial charge >= 0.3 is 0 Å². The summed E-state index contributed by atoms with van der Waals surface area (Å²) in [5.41, 5.74) is 1.55. The van der Waals surface area contributed by atoms with Crippen LogP contribution >= 0.6 is 0 Å². The van der Waals surface area contributed by atoms with Crippen molar-refractivity contribution in [3.05, 3.63) is 59.4 Å². The minimum absolute atomic E-state index is 0.0458. The molecule has 30 heavy (non-hydrogen) atoms. The molecule has 0 aliphatic carbocycles. The molecule has 2 aromatic rings. The Morgan fingerprint density at radius 3 is 2.50 bits per heavy atom. The average molecular weight is 438 g/mol. The van der Waals surface area contributed by atoms with Gasteiger partial charge in [-0.15, -0.1) is 0 Å². The SMILES string of the molecule is CCNC(=NCc1ccc(S(C)(=O)=O)c(C)c1)NCC(O)COc1ccc(F)cc1. The van der Waals surface area contributed by atoms with Crippen LogP contribution in [0, 0.1) is 12.7 Å². The van der Waals surface area contributed by atoms with Gasteiger partial charge in [-0.2, -0.15) is 0 Å². The zero-order chi connectivity index (χ0) is 22.1. The molecule has 0 saturated heterocycles. The molecule has 164 valence electrons. The zero-order valence-electron chi connectivity index (χ0n) is 17.4. The molecule has 0 radical (unpaired) electrons. The van der Waals surface area contributed by atoms with E-state index in [4.69, 9.17) is 4.74 Å². The highest BCUT2D eigenvalue weighted by Crippen LogP contribution is 2.17. The summed E-state index contributed by atoms with van der Waals surface area (Å²) in [7, 11) is -3.25. The van der Waals surface area contributed by atoms with Crippen LogP contribution < -0.4 is 15.4 Å². The number of sulfone groups is 1. The molecule has 7 nitrogen and oxygen atoms in total. The molecule has 0 amide bonds. The number of aliphatic hydroxyl groups is 1. The molecule has 2 aromatic carbocycles. The Balaban J connectivity index is 1.90. The summed E-state index contributed by atoms with van der Waals surface area (Å²) >= 11 is 0. The summed E-state index contributed by atoms with van der Waals surface area (Å²) in [5.74, 6) is 0.643. The third-order valence-corrected chi connectivity index (χ3v) is 5.42. The number of benzene rings is 2. The number of aryl methyl sites for hydroxylation is 1. The number of hydrogen-bond acceptors (Lipinski definition) is 5. The van der Waals surface area contributed by atoms with Gasteiger partial charge in [-0.25, -0.2) is 17.8 Å². The van der Waals surface area contributed by atoms with Crippen LogP contribution in [0.1, 0.15) is 18.1 Å². The standard InChI is InChI=1S/C21H28FN3O4S/c1-4-23-21(24-12-16-5-10-20(15(2)11-16)30(3,27)28)25-13-18(26)14-29-19-8-6-17(22)7-9-19/h5-11,18,26H,4,12-14H2,1-3H3,(H2,23,24,25). The van der Waals surface area contributed by atoms with E-state index in [0.717, 1.165) is 5.56 Å². The molecule has 0 bridgehead atoms. The van der Waals surface area contributed by atoms with Crippen molar-refractivity contribution in [3.63, 3.8) is 0 Å². The number of halogens is 1. The van der Waals surface area contributed by atoms with Crippen LogP contribution in [0.5, 0.6) is 5.75 Å². The van der Waals surface area contributed by atoms with Crippen LogP contribution in [0.3, 0.4) is 0 Å². The van der Waals surface area contributed by atoms with Crippen molar-refractivity contribution < 1.29 is 22.7 Å². The Morgan fingerprint density at radius 2 is 1.90 bits per heavy atom. The predicted molar refractivity (Wildman–Crippen MR) is 115 cm³/mol. The first-order valence-corrected chi connectivity index (χ1v) is 11.5. The number of nitrogens with one attached hydrogen (secondary N) is 2. The van der Waals surface area contributed by atoms with Crippen molar-refractivity contribution >= 4 is 15.8 Å². The van der Waals surface area contributed by atoms with Crippen LogP contribution in [0.2, 0.25) is 0 Å². The third kappa shape index (κ3) is 7.64. The minimum Gasteiger partial charge on any atom is -0.491 e. The van der Waals surface area contributed by atoms with Crippen molar-refractivity contribution in [3.8, 4) is 5.75 Å². The van der Waals surface area contributed by atoms with E-state index in [0.29, 0.717) is 35.3 Å². The number of aliphatic imine (C=N–C) groups is 1. The van der Waals surface area contributed by atoms with E-state index >= 15 is 0 Å². The van der Waals surface area contributed by atoms with Gasteiger partial charge in [0.1, 0.15) is 24.3 Å². The second-order valence-electron chi connectivity index (χ2n) is 6.87. The molecule has 0 spiro atoms. The van der Waals surface area contributed by atoms with Gasteiger partial charge in [-0.3, -0.25) is 0 Å². The second kappa shape index (κ2) is 10.9. The lowest BCUT2D eigenvalue weighted by Crippen LogP contribution is -2.42. The number of aliphatic hydroxyl groups excluding tert-OH is 1. The summed E-state index contributed by atoms with van der Waals surface area (Å²) in [4.78, 5) is 4.78. The van der Waals surface area contributed by atoms with Gasteiger partial charge in [0.25, 0.3) is 0 Å². The molecule has 2 rings (SSSR count). The third-order valence-electron chi connectivity index (χ3n) is 4.16. The minimum atomic E-state index is -3.25. The van der Waals surface area contributed by atoms with E-state index < -0.39 is 15.9 Å². The fraction of sp³-hybridized carbons (Fsp3) is 0.381. The lowest BCUT2D eigenvalue weighted by molar-refractivity contribution is 0.110. The van der Waals surface area contributed by atoms with E-state index in [9.17, 15) is 17.9 Å². The van der Waals surface area contributed by atoms with E-state index in [1.807, 2.05) is 6.92 Å². The van der Waals surface area contributed by atoms with Crippen LogP contribution in [-0.2, 0) is 16.4 Å². The Bertz CT molecular complexity index is 963.